The van der Waals surface area contributed by atoms with Crippen molar-refractivity contribution in [2.75, 3.05) is 0 Å². The standard InChI is InChI=1S/C33H21N3O/c1-3-10-22(11-4-1)28-21-29(36-33(35-28)23-12-5-2-6-13-23)26-15-9-19-34-32(26)24-17-18-31-27(20-24)25-14-7-8-16-30(25)37-31/h1-21H. The molecule has 0 N–H and O–H groups in total. The lowest BCUT2D eigenvalue weighted by atomic mass is 10.00. The molecule has 0 bridgehead atoms. The summed E-state index contributed by atoms with van der Waals surface area (Å²) < 4.78 is 6.05. The monoisotopic (exact) mass is 475 g/mol. The molecule has 0 aliphatic heterocycles. The molecular weight excluding hydrogens is 454 g/mol. The Morgan fingerprint density at radius 3 is 2.03 bits per heavy atom. The highest BCUT2D eigenvalue weighted by Crippen LogP contribution is 2.36. The average Bonchev–Trinajstić information content (AvgIpc) is 3.36. The van der Waals surface area contributed by atoms with Gasteiger partial charge in [-0.15, -0.1) is 0 Å². The summed E-state index contributed by atoms with van der Waals surface area (Å²) in [6.07, 6.45) is 1.83. The molecule has 0 saturated heterocycles. The molecule has 37 heavy (non-hydrogen) atoms. The number of rotatable bonds is 4. The fourth-order valence-electron chi connectivity index (χ4n) is 4.77. The van der Waals surface area contributed by atoms with E-state index in [0.717, 1.165) is 61.3 Å². The van der Waals surface area contributed by atoms with Crippen LogP contribution in [-0.4, -0.2) is 15.0 Å². The van der Waals surface area contributed by atoms with Crippen LogP contribution in [0.5, 0.6) is 0 Å². The summed E-state index contributed by atoms with van der Waals surface area (Å²) in [6, 6.07) is 40.7. The molecule has 0 aliphatic rings. The van der Waals surface area contributed by atoms with Crippen molar-refractivity contribution in [1.82, 2.24) is 15.0 Å². The second kappa shape index (κ2) is 8.85. The van der Waals surface area contributed by atoms with Crippen LogP contribution < -0.4 is 0 Å². The number of benzene rings is 4. The largest absolute Gasteiger partial charge is 0.456 e. The van der Waals surface area contributed by atoms with E-state index in [2.05, 4.69) is 36.4 Å². The third kappa shape index (κ3) is 3.85. The van der Waals surface area contributed by atoms with Gasteiger partial charge in [0.15, 0.2) is 5.82 Å². The maximum Gasteiger partial charge on any atom is 0.160 e. The minimum Gasteiger partial charge on any atom is -0.456 e. The normalized spacial score (nSPS) is 11.2. The first-order valence-electron chi connectivity index (χ1n) is 12.2. The Morgan fingerprint density at radius 2 is 1.19 bits per heavy atom. The molecule has 4 heteroatoms. The molecule has 0 radical (unpaired) electrons. The topological polar surface area (TPSA) is 51.8 Å². The highest BCUT2D eigenvalue weighted by molar-refractivity contribution is 6.06. The second-order valence-electron chi connectivity index (χ2n) is 8.90. The van der Waals surface area contributed by atoms with Gasteiger partial charge < -0.3 is 4.42 Å². The van der Waals surface area contributed by atoms with Crippen LogP contribution in [0, 0.1) is 0 Å². The Morgan fingerprint density at radius 1 is 0.486 bits per heavy atom. The van der Waals surface area contributed by atoms with Crippen LogP contribution in [0.15, 0.2) is 132 Å². The smallest absolute Gasteiger partial charge is 0.160 e. The molecule has 4 nitrogen and oxygen atoms in total. The SMILES string of the molecule is c1ccc(-c2cc(-c3cccnc3-c3ccc4oc5ccccc5c4c3)nc(-c3ccccc3)n2)cc1. The fraction of sp³-hybridized carbons (Fsp3) is 0. The number of hydrogen-bond acceptors (Lipinski definition) is 4. The number of nitrogens with zero attached hydrogens (tertiary/aromatic N) is 3. The highest BCUT2D eigenvalue weighted by atomic mass is 16.3. The van der Waals surface area contributed by atoms with Gasteiger partial charge in [-0.3, -0.25) is 4.98 Å². The van der Waals surface area contributed by atoms with Crippen LogP contribution >= 0.6 is 0 Å². The van der Waals surface area contributed by atoms with Gasteiger partial charge in [0.2, 0.25) is 0 Å². The minimum atomic E-state index is 0.683. The highest BCUT2D eigenvalue weighted by Gasteiger charge is 2.16. The van der Waals surface area contributed by atoms with E-state index in [4.69, 9.17) is 19.4 Å². The van der Waals surface area contributed by atoms with Gasteiger partial charge in [0, 0.05) is 39.2 Å². The Bertz CT molecular complexity index is 1820. The van der Waals surface area contributed by atoms with Gasteiger partial charge in [0.1, 0.15) is 11.2 Å². The molecule has 0 spiro atoms. The number of hydrogen-bond donors (Lipinski definition) is 0. The third-order valence-electron chi connectivity index (χ3n) is 6.56. The van der Waals surface area contributed by atoms with E-state index in [0.29, 0.717) is 5.82 Å². The van der Waals surface area contributed by atoms with E-state index < -0.39 is 0 Å². The summed E-state index contributed by atoms with van der Waals surface area (Å²) in [4.78, 5) is 14.8. The van der Waals surface area contributed by atoms with Crippen LogP contribution in [0.25, 0.3) is 67.1 Å². The van der Waals surface area contributed by atoms with Gasteiger partial charge in [-0.2, -0.15) is 0 Å². The summed E-state index contributed by atoms with van der Waals surface area (Å²) >= 11 is 0. The van der Waals surface area contributed by atoms with Crippen molar-refractivity contribution in [2.45, 2.75) is 0 Å². The Balaban J connectivity index is 1.44. The second-order valence-corrected chi connectivity index (χ2v) is 8.90. The molecule has 0 atom stereocenters. The molecule has 3 aromatic heterocycles. The number of pyridine rings is 1. The summed E-state index contributed by atoms with van der Waals surface area (Å²) in [5.74, 6) is 0.683. The molecular formula is C33H21N3O. The molecule has 7 rings (SSSR count). The van der Waals surface area contributed by atoms with Gasteiger partial charge in [-0.1, -0.05) is 78.9 Å². The lowest BCUT2D eigenvalue weighted by Crippen LogP contribution is -1.97. The Hall–Kier alpha value is -5.09. The maximum absolute atomic E-state index is 6.05. The van der Waals surface area contributed by atoms with Crippen molar-refractivity contribution in [3.05, 3.63) is 128 Å². The summed E-state index contributed by atoms with van der Waals surface area (Å²) in [5, 5.41) is 2.17. The van der Waals surface area contributed by atoms with Gasteiger partial charge in [-0.25, -0.2) is 9.97 Å². The molecule has 3 heterocycles. The Kier molecular flexibility index (Phi) is 5.07. The van der Waals surface area contributed by atoms with Gasteiger partial charge in [0.25, 0.3) is 0 Å². The molecule has 0 aliphatic carbocycles. The fourth-order valence-corrected chi connectivity index (χ4v) is 4.77. The van der Waals surface area contributed by atoms with Crippen molar-refractivity contribution >= 4 is 21.9 Å². The van der Waals surface area contributed by atoms with Crippen LogP contribution in [-0.2, 0) is 0 Å². The molecule has 0 amide bonds. The maximum atomic E-state index is 6.05. The van der Waals surface area contributed by atoms with Crippen molar-refractivity contribution < 1.29 is 4.42 Å². The van der Waals surface area contributed by atoms with E-state index in [1.165, 1.54) is 0 Å². The number of aromatic nitrogens is 3. The first kappa shape index (κ1) is 21.2. The lowest BCUT2D eigenvalue weighted by molar-refractivity contribution is 0.669. The van der Waals surface area contributed by atoms with Gasteiger partial charge in [0.05, 0.1) is 17.1 Å². The average molecular weight is 476 g/mol. The van der Waals surface area contributed by atoms with E-state index in [1.54, 1.807) is 0 Å². The third-order valence-corrected chi connectivity index (χ3v) is 6.56. The molecule has 4 aromatic carbocycles. The van der Waals surface area contributed by atoms with Crippen LogP contribution in [0.3, 0.4) is 0 Å². The molecule has 0 fully saturated rings. The summed E-state index contributed by atoms with van der Waals surface area (Å²) in [6.45, 7) is 0. The van der Waals surface area contributed by atoms with Gasteiger partial charge >= 0.3 is 0 Å². The number of furan rings is 1. The van der Waals surface area contributed by atoms with Crippen molar-refractivity contribution in [1.29, 1.82) is 0 Å². The summed E-state index contributed by atoms with van der Waals surface area (Å²) in [7, 11) is 0. The zero-order valence-corrected chi connectivity index (χ0v) is 19.9. The zero-order chi connectivity index (χ0) is 24.6. The van der Waals surface area contributed by atoms with Crippen molar-refractivity contribution in [2.24, 2.45) is 0 Å². The minimum absolute atomic E-state index is 0.683. The van der Waals surface area contributed by atoms with Crippen LogP contribution in [0.1, 0.15) is 0 Å². The molecule has 174 valence electrons. The number of para-hydroxylation sites is 1. The first-order valence-corrected chi connectivity index (χ1v) is 12.2. The summed E-state index contributed by atoms with van der Waals surface area (Å²) in [5.41, 5.74) is 8.28. The molecule has 0 unspecified atom stereocenters. The van der Waals surface area contributed by atoms with E-state index in [9.17, 15) is 0 Å². The Labute approximate surface area is 213 Å². The predicted molar refractivity (Wildman–Crippen MR) is 149 cm³/mol. The lowest BCUT2D eigenvalue weighted by Gasteiger charge is -2.12. The van der Waals surface area contributed by atoms with E-state index in [-0.39, 0.29) is 0 Å². The number of fused-ring (bicyclic) bond motifs is 3. The van der Waals surface area contributed by atoms with Crippen molar-refractivity contribution in [3.8, 4) is 45.2 Å². The van der Waals surface area contributed by atoms with Crippen LogP contribution in [0.4, 0.5) is 0 Å². The zero-order valence-electron chi connectivity index (χ0n) is 19.9. The van der Waals surface area contributed by atoms with Crippen molar-refractivity contribution in [3.63, 3.8) is 0 Å². The molecule has 0 saturated carbocycles. The van der Waals surface area contributed by atoms with Crippen LogP contribution in [0.2, 0.25) is 0 Å². The quantitative estimate of drug-likeness (QED) is 0.256. The van der Waals surface area contributed by atoms with E-state index >= 15 is 0 Å². The predicted octanol–water partition coefficient (Wildman–Crippen LogP) is 8.44. The molecule has 7 aromatic rings. The van der Waals surface area contributed by atoms with E-state index in [1.807, 2.05) is 91.1 Å². The first-order chi connectivity index (χ1) is 18.3. The van der Waals surface area contributed by atoms with Gasteiger partial charge in [-0.05, 0) is 42.5 Å².